The Bertz CT molecular complexity index is 691. The molecule has 1 heterocycles. The number of hydrogen-bond acceptors (Lipinski definition) is 4. The second kappa shape index (κ2) is 11.0. The highest BCUT2D eigenvalue weighted by Gasteiger charge is 2.21. The molecule has 1 saturated heterocycles. The molecule has 3 N–H and O–H groups in total. The van der Waals surface area contributed by atoms with E-state index in [0.717, 1.165) is 31.2 Å². The van der Waals surface area contributed by atoms with Crippen molar-refractivity contribution in [1.29, 1.82) is 0 Å². The van der Waals surface area contributed by atoms with Crippen LogP contribution in [0.4, 0.5) is 11.4 Å². The highest BCUT2D eigenvalue weighted by atomic mass is 16.2. The van der Waals surface area contributed by atoms with E-state index in [1.54, 1.807) is 18.2 Å². The van der Waals surface area contributed by atoms with Gasteiger partial charge in [0.2, 0.25) is 11.8 Å². The highest BCUT2D eigenvalue weighted by Crippen LogP contribution is 2.21. The molecule has 0 bridgehead atoms. The first-order valence-electron chi connectivity index (χ1n) is 10.4. The minimum atomic E-state index is -0.238. The smallest absolute Gasteiger partial charge is 0.251 e. The second-order valence-corrected chi connectivity index (χ2v) is 8.33. The van der Waals surface area contributed by atoms with Gasteiger partial charge in [-0.1, -0.05) is 13.8 Å². The molecule has 2 atom stereocenters. The number of nitrogens with zero attached hydrogens (tertiary/aromatic N) is 1. The van der Waals surface area contributed by atoms with Crippen LogP contribution in [0.5, 0.6) is 0 Å². The van der Waals surface area contributed by atoms with Crippen molar-refractivity contribution in [3.63, 3.8) is 0 Å². The molecule has 0 aromatic heterocycles. The maximum atomic E-state index is 12.5. The number of rotatable bonds is 8. The average Bonchev–Trinajstić information content (AvgIpc) is 2.59. The van der Waals surface area contributed by atoms with E-state index in [0.29, 0.717) is 23.5 Å². The summed E-state index contributed by atoms with van der Waals surface area (Å²) in [5, 5.41) is 8.25. The number of nitrogens with one attached hydrogen (secondary N) is 3. The number of anilines is 2. The summed E-state index contributed by atoms with van der Waals surface area (Å²) in [6.45, 7) is 11.4. The minimum absolute atomic E-state index is 0.218. The molecule has 0 spiro atoms. The van der Waals surface area contributed by atoms with E-state index in [2.05, 4.69) is 34.7 Å². The average molecular weight is 403 g/mol. The van der Waals surface area contributed by atoms with Gasteiger partial charge >= 0.3 is 0 Å². The van der Waals surface area contributed by atoms with Crippen molar-refractivity contribution in [2.45, 2.75) is 47.0 Å². The summed E-state index contributed by atoms with van der Waals surface area (Å²) in [4.78, 5) is 37.7. The van der Waals surface area contributed by atoms with Gasteiger partial charge in [-0.2, -0.15) is 0 Å². The zero-order valence-electron chi connectivity index (χ0n) is 18.0. The zero-order valence-corrected chi connectivity index (χ0v) is 18.0. The molecule has 2 unspecified atom stereocenters. The highest BCUT2D eigenvalue weighted by molar-refractivity contribution is 5.99. The molecule has 1 aliphatic rings. The van der Waals surface area contributed by atoms with Crippen LogP contribution < -0.4 is 16.0 Å². The lowest BCUT2D eigenvalue weighted by atomic mass is 9.92. The van der Waals surface area contributed by atoms with Crippen LogP contribution in [0.3, 0.4) is 0 Å². The van der Waals surface area contributed by atoms with E-state index in [1.807, 2.05) is 0 Å². The first-order chi connectivity index (χ1) is 13.7. The van der Waals surface area contributed by atoms with E-state index in [4.69, 9.17) is 0 Å². The van der Waals surface area contributed by atoms with Crippen molar-refractivity contribution in [2.75, 3.05) is 36.8 Å². The van der Waals surface area contributed by atoms with Crippen LogP contribution in [0.15, 0.2) is 18.2 Å². The maximum Gasteiger partial charge on any atom is 0.251 e. The van der Waals surface area contributed by atoms with Crippen molar-refractivity contribution in [3.05, 3.63) is 23.8 Å². The fourth-order valence-corrected chi connectivity index (χ4v) is 4.05. The van der Waals surface area contributed by atoms with E-state index < -0.39 is 0 Å². The molecular weight excluding hydrogens is 368 g/mol. The first kappa shape index (κ1) is 22.9. The van der Waals surface area contributed by atoms with Gasteiger partial charge in [0.15, 0.2) is 0 Å². The molecule has 3 amide bonds. The first-order valence-corrected chi connectivity index (χ1v) is 10.4. The van der Waals surface area contributed by atoms with Crippen molar-refractivity contribution in [3.8, 4) is 0 Å². The summed E-state index contributed by atoms with van der Waals surface area (Å²) in [6.07, 6.45) is 3.27. The van der Waals surface area contributed by atoms with Crippen LogP contribution in [0.1, 0.15) is 57.3 Å². The molecular formula is C22H34N4O3. The van der Waals surface area contributed by atoms with Gasteiger partial charge in [0, 0.05) is 50.4 Å². The quantitative estimate of drug-likeness (QED) is 0.583. The predicted octanol–water partition coefficient (Wildman–Crippen LogP) is 3.09. The van der Waals surface area contributed by atoms with E-state index in [-0.39, 0.29) is 17.7 Å². The van der Waals surface area contributed by atoms with Crippen LogP contribution in [-0.2, 0) is 9.59 Å². The van der Waals surface area contributed by atoms with Crippen LogP contribution >= 0.6 is 0 Å². The monoisotopic (exact) mass is 402 g/mol. The maximum absolute atomic E-state index is 12.5. The molecule has 7 nitrogen and oxygen atoms in total. The Morgan fingerprint density at radius 1 is 0.931 bits per heavy atom. The summed E-state index contributed by atoms with van der Waals surface area (Å²) in [6, 6.07) is 4.84. The van der Waals surface area contributed by atoms with Crippen LogP contribution in [-0.4, -0.2) is 48.8 Å². The summed E-state index contributed by atoms with van der Waals surface area (Å²) < 4.78 is 0. The Labute approximate surface area is 173 Å². The van der Waals surface area contributed by atoms with Gasteiger partial charge in [0.25, 0.3) is 5.91 Å². The molecule has 1 aromatic rings. The predicted molar refractivity (Wildman–Crippen MR) is 116 cm³/mol. The number of carbonyl (C=O) groups is 3. The largest absolute Gasteiger partial charge is 0.352 e. The van der Waals surface area contributed by atoms with Gasteiger partial charge in [-0.3, -0.25) is 14.4 Å². The van der Waals surface area contributed by atoms with E-state index in [9.17, 15) is 14.4 Å². The lowest BCUT2D eigenvalue weighted by Gasteiger charge is -2.34. The van der Waals surface area contributed by atoms with Crippen molar-refractivity contribution < 1.29 is 14.4 Å². The third-order valence-corrected chi connectivity index (χ3v) is 4.97. The summed E-state index contributed by atoms with van der Waals surface area (Å²) in [5.74, 6) is 0.818. The Balaban J connectivity index is 1.84. The molecule has 0 aliphatic carbocycles. The number of carbonyl (C=O) groups excluding carboxylic acids is 3. The Morgan fingerprint density at radius 3 is 2.00 bits per heavy atom. The number of amides is 3. The lowest BCUT2D eigenvalue weighted by molar-refractivity contribution is -0.115. The number of likely N-dealkylation sites (tertiary alicyclic amines) is 1. The van der Waals surface area contributed by atoms with Gasteiger partial charge in [-0.05, 0) is 55.8 Å². The Kier molecular flexibility index (Phi) is 8.64. The molecule has 160 valence electrons. The lowest BCUT2D eigenvalue weighted by Crippen LogP contribution is -2.39. The molecule has 0 radical (unpaired) electrons. The molecule has 2 rings (SSSR count). The fraction of sp³-hybridized carbons (Fsp3) is 0.591. The number of hydrogen-bond donors (Lipinski definition) is 3. The van der Waals surface area contributed by atoms with Gasteiger partial charge in [-0.25, -0.2) is 0 Å². The van der Waals surface area contributed by atoms with Crippen molar-refractivity contribution in [1.82, 2.24) is 10.2 Å². The molecule has 0 saturated carbocycles. The van der Waals surface area contributed by atoms with Crippen LogP contribution in [0.2, 0.25) is 0 Å². The van der Waals surface area contributed by atoms with Crippen molar-refractivity contribution in [2.24, 2.45) is 11.8 Å². The molecule has 1 aromatic carbocycles. The van der Waals surface area contributed by atoms with Gasteiger partial charge in [-0.15, -0.1) is 0 Å². The number of benzene rings is 1. The molecule has 7 heteroatoms. The molecule has 29 heavy (non-hydrogen) atoms. The van der Waals surface area contributed by atoms with E-state index in [1.165, 1.54) is 33.4 Å². The Morgan fingerprint density at radius 2 is 1.48 bits per heavy atom. The SMILES string of the molecule is CC(=O)Nc1cc(NC(C)=O)cc(C(=O)NCCCCN2CC(C)CC(C)C2)c1. The van der Waals surface area contributed by atoms with E-state index >= 15 is 0 Å². The van der Waals surface area contributed by atoms with Crippen LogP contribution in [0.25, 0.3) is 0 Å². The third-order valence-electron chi connectivity index (χ3n) is 4.97. The normalized spacial score (nSPS) is 19.4. The van der Waals surface area contributed by atoms with Crippen molar-refractivity contribution >= 4 is 29.1 Å². The second-order valence-electron chi connectivity index (χ2n) is 8.33. The molecule has 1 aliphatic heterocycles. The molecule has 1 fully saturated rings. The minimum Gasteiger partial charge on any atom is -0.352 e. The third kappa shape index (κ3) is 8.23. The topological polar surface area (TPSA) is 90.5 Å². The van der Waals surface area contributed by atoms with Gasteiger partial charge in [0.05, 0.1) is 0 Å². The summed E-state index contributed by atoms with van der Waals surface area (Å²) >= 11 is 0. The Hall–Kier alpha value is -2.41. The number of unbranched alkanes of at least 4 members (excludes halogenated alkanes) is 1. The standard InChI is InChI=1S/C22H34N4O3/c1-15-9-16(2)14-26(13-15)8-6-5-7-23-22(29)19-10-20(24-17(3)27)12-21(11-19)25-18(4)28/h10-12,15-16H,5-9,13-14H2,1-4H3,(H,23,29)(H,24,27)(H,25,28). The summed E-state index contributed by atoms with van der Waals surface area (Å²) in [5.41, 5.74) is 1.35. The summed E-state index contributed by atoms with van der Waals surface area (Å²) in [7, 11) is 0. The zero-order chi connectivity index (χ0) is 21.4. The van der Waals surface area contributed by atoms with Gasteiger partial charge in [0.1, 0.15) is 0 Å². The number of piperidine rings is 1. The fourth-order valence-electron chi connectivity index (χ4n) is 4.05. The van der Waals surface area contributed by atoms with Crippen LogP contribution in [0, 0.1) is 11.8 Å². The van der Waals surface area contributed by atoms with Gasteiger partial charge < -0.3 is 20.9 Å².